The molecular weight excluding hydrogens is 322 g/mol. The summed E-state index contributed by atoms with van der Waals surface area (Å²) >= 11 is 5.10. The van der Waals surface area contributed by atoms with Crippen molar-refractivity contribution in [3.8, 4) is 0 Å². The smallest absolute Gasteiger partial charge is 0.244 e. The fraction of sp³-hybridized carbons (Fsp3) is 0.133. The van der Waals surface area contributed by atoms with Crippen molar-refractivity contribution in [2.45, 2.75) is 13.0 Å². The Bertz CT molecular complexity index is 578. The van der Waals surface area contributed by atoms with E-state index in [1.807, 2.05) is 54.8 Å². The second-order valence-corrected chi connectivity index (χ2v) is 5.93. The maximum Gasteiger partial charge on any atom is 0.244 e. The lowest BCUT2D eigenvalue weighted by molar-refractivity contribution is -0.117. The summed E-state index contributed by atoms with van der Waals surface area (Å²) < 4.78 is 1.00. The third-order valence-corrected chi connectivity index (χ3v) is 4.23. The standard InChI is InChI=1S/C15H14BrNOS/c1-11(13-6-2-3-7-14(13)16)17-15(18)9-8-12-5-4-10-19-12/h2-11H,1H3,(H,17,18)/b9-8+/t11-/m1/s1. The molecule has 1 heterocycles. The van der Waals surface area contributed by atoms with Crippen LogP contribution in [0, 0.1) is 0 Å². The zero-order valence-electron chi connectivity index (χ0n) is 10.5. The van der Waals surface area contributed by atoms with Gasteiger partial charge in [0.15, 0.2) is 0 Å². The van der Waals surface area contributed by atoms with Gasteiger partial charge in [-0.3, -0.25) is 4.79 Å². The van der Waals surface area contributed by atoms with E-state index in [2.05, 4.69) is 21.2 Å². The number of amides is 1. The number of benzene rings is 1. The summed E-state index contributed by atoms with van der Waals surface area (Å²) in [5.74, 6) is -0.0864. The number of nitrogens with one attached hydrogen (secondary N) is 1. The highest BCUT2D eigenvalue weighted by atomic mass is 79.9. The van der Waals surface area contributed by atoms with E-state index in [1.54, 1.807) is 17.4 Å². The van der Waals surface area contributed by atoms with Crippen LogP contribution in [0.4, 0.5) is 0 Å². The Morgan fingerprint density at radius 3 is 2.79 bits per heavy atom. The Hall–Kier alpha value is -1.39. The largest absolute Gasteiger partial charge is 0.346 e. The molecule has 0 aliphatic heterocycles. The maximum atomic E-state index is 11.8. The van der Waals surface area contributed by atoms with Crippen LogP contribution in [0.3, 0.4) is 0 Å². The van der Waals surface area contributed by atoms with E-state index in [0.717, 1.165) is 14.9 Å². The van der Waals surface area contributed by atoms with Gasteiger partial charge < -0.3 is 5.32 Å². The van der Waals surface area contributed by atoms with Crippen LogP contribution >= 0.6 is 27.3 Å². The number of hydrogen-bond acceptors (Lipinski definition) is 2. The topological polar surface area (TPSA) is 29.1 Å². The molecule has 0 unspecified atom stereocenters. The lowest BCUT2D eigenvalue weighted by atomic mass is 10.1. The van der Waals surface area contributed by atoms with E-state index in [1.165, 1.54) is 0 Å². The van der Waals surface area contributed by atoms with Crippen LogP contribution in [-0.2, 0) is 4.79 Å². The third-order valence-electron chi connectivity index (χ3n) is 2.67. The molecule has 0 fully saturated rings. The summed E-state index contributed by atoms with van der Waals surface area (Å²) in [7, 11) is 0. The minimum absolute atomic E-state index is 0.0314. The van der Waals surface area contributed by atoms with E-state index in [-0.39, 0.29) is 11.9 Å². The molecule has 2 rings (SSSR count). The molecule has 0 saturated heterocycles. The highest BCUT2D eigenvalue weighted by Gasteiger charge is 2.09. The molecule has 1 N–H and O–H groups in total. The molecule has 0 bridgehead atoms. The Labute approximate surface area is 125 Å². The van der Waals surface area contributed by atoms with Gasteiger partial charge in [0.05, 0.1) is 6.04 Å². The molecule has 4 heteroatoms. The van der Waals surface area contributed by atoms with E-state index in [0.29, 0.717) is 0 Å². The lowest BCUT2D eigenvalue weighted by Crippen LogP contribution is -2.24. The quantitative estimate of drug-likeness (QED) is 0.824. The molecule has 0 aliphatic rings. The fourth-order valence-corrected chi connectivity index (χ4v) is 2.96. The van der Waals surface area contributed by atoms with Crippen LogP contribution in [0.15, 0.2) is 52.3 Å². The van der Waals surface area contributed by atoms with Crippen molar-refractivity contribution in [1.29, 1.82) is 0 Å². The molecule has 1 aromatic carbocycles. The molecule has 19 heavy (non-hydrogen) atoms. The van der Waals surface area contributed by atoms with Gasteiger partial charge in [-0.15, -0.1) is 11.3 Å². The van der Waals surface area contributed by atoms with E-state index >= 15 is 0 Å². The van der Waals surface area contributed by atoms with Gasteiger partial charge in [0.25, 0.3) is 0 Å². The number of hydrogen-bond donors (Lipinski definition) is 1. The molecular formula is C15H14BrNOS. The zero-order valence-corrected chi connectivity index (χ0v) is 12.9. The summed E-state index contributed by atoms with van der Waals surface area (Å²) in [6.45, 7) is 1.97. The average Bonchev–Trinajstić information content (AvgIpc) is 2.90. The normalized spacial score (nSPS) is 12.5. The molecule has 98 valence electrons. The van der Waals surface area contributed by atoms with Crippen LogP contribution in [0.2, 0.25) is 0 Å². The number of rotatable bonds is 4. The monoisotopic (exact) mass is 335 g/mol. The molecule has 0 saturated carbocycles. The highest BCUT2D eigenvalue weighted by Crippen LogP contribution is 2.22. The van der Waals surface area contributed by atoms with Crippen molar-refractivity contribution in [2.24, 2.45) is 0 Å². The van der Waals surface area contributed by atoms with Gasteiger partial charge in [-0.05, 0) is 36.1 Å². The fourth-order valence-electron chi connectivity index (χ4n) is 1.71. The van der Waals surface area contributed by atoms with Crippen molar-refractivity contribution in [1.82, 2.24) is 5.32 Å². The van der Waals surface area contributed by atoms with Gasteiger partial charge in [-0.25, -0.2) is 0 Å². The number of thiophene rings is 1. The SMILES string of the molecule is C[C@@H](NC(=O)/C=C/c1cccs1)c1ccccc1Br. The predicted molar refractivity (Wildman–Crippen MR) is 84.1 cm³/mol. The Balaban J connectivity index is 1.97. The second kappa shape index (κ2) is 6.68. The Morgan fingerprint density at radius 2 is 2.11 bits per heavy atom. The maximum absolute atomic E-state index is 11.8. The third kappa shape index (κ3) is 4.04. The first kappa shape index (κ1) is 14.0. The highest BCUT2D eigenvalue weighted by molar-refractivity contribution is 9.10. The van der Waals surface area contributed by atoms with Crippen LogP contribution in [0.1, 0.15) is 23.4 Å². The van der Waals surface area contributed by atoms with E-state index < -0.39 is 0 Å². The van der Waals surface area contributed by atoms with Crippen LogP contribution < -0.4 is 5.32 Å². The summed E-state index contributed by atoms with van der Waals surface area (Å²) in [5.41, 5.74) is 1.07. The van der Waals surface area contributed by atoms with Gasteiger partial charge in [0.2, 0.25) is 5.91 Å². The Kier molecular flexibility index (Phi) is 4.93. The first-order valence-corrected chi connectivity index (χ1v) is 7.60. The second-order valence-electron chi connectivity index (χ2n) is 4.10. The molecule has 2 nitrogen and oxygen atoms in total. The molecule has 1 aromatic heterocycles. The van der Waals surface area contributed by atoms with Crippen molar-refractivity contribution >= 4 is 39.2 Å². The van der Waals surface area contributed by atoms with Gasteiger partial charge >= 0.3 is 0 Å². The lowest BCUT2D eigenvalue weighted by Gasteiger charge is -2.14. The van der Waals surface area contributed by atoms with E-state index in [4.69, 9.17) is 0 Å². The van der Waals surface area contributed by atoms with Crippen molar-refractivity contribution in [2.75, 3.05) is 0 Å². The van der Waals surface area contributed by atoms with Crippen LogP contribution in [-0.4, -0.2) is 5.91 Å². The first-order chi connectivity index (χ1) is 9.16. The average molecular weight is 336 g/mol. The first-order valence-electron chi connectivity index (χ1n) is 5.93. The van der Waals surface area contributed by atoms with Crippen molar-refractivity contribution < 1.29 is 4.79 Å². The molecule has 2 aromatic rings. The number of halogens is 1. The molecule has 1 amide bonds. The van der Waals surface area contributed by atoms with Gasteiger partial charge in [0.1, 0.15) is 0 Å². The summed E-state index contributed by atoms with van der Waals surface area (Å²) in [6.07, 6.45) is 3.39. The van der Waals surface area contributed by atoms with Crippen LogP contribution in [0.5, 0.6) is 0 Å². The summed E-state index contributed by atoms with van der Waals surface area (Å²) in [5, 5.41) is 4.94. The van der Waals surface area contributed by atoms with Crippen molar-refractivity contribution in [3.63, 3.8) is 0 Å². The van der Waals surface area contributed by atoms with Crippen molar-refractivity contribution in [3.05, 3.63) is 62.8 Å². The Morgan fingerprint density at radius 1 is 1.32 bits per heavy atom. The summed E-state index contributed by atoms with van der Waals surface area (Å²) in [6, 6.07) is 11.8. The van der Waals surface area contributed by atoms with E-state index in [9.17, 15) is 4.79 Å². The number of carbonyl (C=O) groups is 1. The molecule has 0 aliphatic carbocycles. The van der Waals surface area contributed by atoms with Gasteiger partial charge in [0, 0.05) is 15.4 Å². The minimum Gasteiger partial charge on any atom is -0.346 e. The zero-order chi connectivity index (χ0) is 13.7. The van der Waals surface area contributed by atoms with Gasteiger partial charge in [-0.2, -0.15) is 0 Å². The minimum atomic E-state index is -0.0864. The molecule has 1 atom stereocenters. The molecule has 0 spiro atoms. The van der Waals surface area contributed by atoms with Crippen LogP contribution in [0.25, 0.3) is 6.08 Å². The number of carbonyl (C=O) groups excluding carboxylic acids is 1. The predicted octanol–water partition coefficient (Wildman–Crippen LogP) is 4.40. The summed E-state index contributed by atoms with van der Waals surface area (Å²) in [4.78, 5) is 12.9. The van der Waals surface area contributed by atoms with Gasteiger partial charge in [-0.1, -0.05) is 40.2 Å². The molecule has 0 radical (unpaired) electrons.